The van der Waals surface area contributed by atoms with E-state index in [1.165, 1.54) is 55.3 Å². The number of aromatic carboxylic acids is 1. The predicted octanol–water partition coefficient (Wildman–Crippen LogP) is 4.35. The van der Waals surface area contributed by atoms with Crippen LogP contribution in [-0.4, -0.2) is 41.9 Å². The van der Waals surface area contributed by atoms with Crippen LogP contribution in [0.15, 0.2) is 59.5 Å². The van der Waals surface area contributed by atoms with Crippen molar-refractivity contribution in [3.05, 3.63) is 81.2 Å². The van der Waals surface area contributed by atoms with Crippen LogP contribution in [0.2, 0.25) is 5.02 Å². The second kappa shape index (κ2) is 11.5. The summed E-state index contributed by atoms with van der Waals surface area (Å²) >= 11 is 6.13. The first-order chi connectivity index (χ1) is 17.2. The van der Waals surface area contributed by atoms with Gasteiger partial charge in [-0.1, -0.05) is 11.6 Å². The van der Waals surface area contributed by atoms with E-state index >= 15 is 0 Å². The van der Waals surface area contributed by atoms with Gasteiger partial charge in [-0.2, -0.15) is 5.26 Å². The minimum atomic E-state index is -1.09. The smallest absolute Gasteiger partial charge is 0.335 e. The summed E-state index contributed by atoms with van der Waals surface area (Å²) in [6, 6.07) is 12.8. The molecule has 0 unspecified atom stereocenters. The molecule has 186 valence electrons. The second-order valence-electron chi connectivity index (χ2n) is 7.97. The number of carbonyl (C=O) groups excluding carboxylic acids is 1. The monoisotopic (exact) mass is 509 g/mol. The van der Waals surface area contributed by atoms with E-state index in [2.05, 4.69) is 11.4 Å². The number of hydrogen-bond acceptors (Lipinski definition) is 6. The summed E-state index contributed by atoms with van der Waals surface area (Å²) in [6.07, 6.45) is 1.21. The Kier molecular flexibility index (Phi) is 8.48. The SMILES string of the molecule is COc1cn([C@@H](C[C@H](C)OC)C(=O)Nc2ccc(C(=O)O)cc2)c(=O)cc1-c1cc(Cl)ccc1C#N. The number of halogens is 1. The molecule has 1 aromatic heterocycles. The summed E-state index contributed by atoms with van der Waals surface area (Å²) in [7, 11) is 2.92. The quantitative estimate of drug-likeness (QED) is 0.438. The van der Waals surface area contributed by atoms with Gasteiger partial charge in [0.25, 0.3) is 5.56 Å². The lowest BCUT2D eigenvalue weighted by Crippen LogP contribution is -2.35. The van der Waals surface area contributed by atoms with Gasteiger partial charge in [-0.25, -0.2) is 4.79 Å². The van der Waals surface area contributed by atoms with Crippen LogP contribution >= 0.6 is 11.6 Å². The van der Waals surface area contributed by atoms with Crippen LogP contribution in [0.1, 0.15) is 35.3 Å². The molecule has 0 fully saturated rings. The first kappa shape index (κ1) is 26.5. The summed E-state index contributed by atoms with van der Waals surface area (Å²) in [5.74, 6) is -1.32. The predicted molar refractivity (Wildman–Crippen MR) is 135 cm³/mol. The highest BCUT2D eigenvalue weighted by Gasteiger charge is 2.26. The zero-order valence-corrected chi connectivity index (χ0v) is 20.6. The van der Waals surface area contributed by atoms with Crippen molar-refractivity contribution in [2.75, 3.05) is 19.5 Å². The lowest BCUT2D eigenvalue weighted by Gasteiger charge is -2.23. The van der Waals surface area contributed by atoms with Gasteiger partial charge in [-0.3, -0.25) is 14.2 Å². The number of benzene rings is 2. The summed E-state index contributed by atoms with van der Waals surface area (Å²) in [5, 5.41) is 21.7. The fourth-order valence-corrected chi connectivity index (χ4v) is 3.83. The molecule has 0 spiro atoms. The van der Waals surface area contributed by atoms with Gasteiger partial charge < -0.3 is 19.9 Å². The zero-order valence-electron chi connectivity index (χ0n) is 19.8. The maximum absolute atomic E-state index is 13.3. The summed E-state index contributed by atoms with van der Waals surface area (Å²) in [4.78, 5) is 37.6. The van der Waals surface area contributed by atoms with Crippen LogP contribution < -0.4 is 15.6 Å². The molecule has 0 aliphatic rings. The highest BCUT2D eigenvalue weighted by Crippen LogP contribution is 2.33. The first-order valence-corrected chi connectivity index (χ1v) is 11.2. The van der Waals surface area contributed by atoms with E-state index in [0.29, 0.717) is 27.4 Å². The van der Waals surface area contributed by atoms with Crippen LogP contribution in [0, 0.1) is 11.3 Å². The molecule has 0 saturated heterocycles. The zero-order chi connectivity index (χ0) is 26.4. The van der Waals surface area contributed by atoms with Gasteiger partial charge in [0.15, 0.2) is 0 Å². The molecule has 3 rings (SSSR count). The van der Waals surface area contributed by atoms with Gasteiger partial charge in [0.2, 0.25) is 5.91 Å². The summed E-state index contributed by atoms with van der Waals surface area (Å²) < 4.78 is 12.1. The second-order valence-corrected chi connectivity index (χ2v) is 8.41. The molecule has 2 atom stereocenters. The standard InChI is InChI=1S/C26H24ClN3O6/c1-15(35-2)10-22(25(32)29-19-8-5-16(6-9-19)26(33)34)30-14-23(36-3)21(12-24(30)31)20-11-18(27)7-4-17(20)13-28/h4-9,11-12,14-15,22H,10H2,1-3H3,(H,29,32)(H,33,34)/t15-,22-/m0/s1. The molecule has 0 radical (unpaired) electrons. The van der Waals surface area contributed by atoms with Crippen molar-refractivity contribution >= 4 is 29.2 Å². The minimum absolute atomic E-state index is 0.0758. The van der Waals surface area contributed by atoms with Crippen molar-refractivity contribution in [3.63, 3.8) is 0 Å². The average molecular weight is 510 g/mol. The average Bonchev–Trinajstić information content (AvgIpc) is 2.87. The Morgan fingerprint density at radius 1 is 1.14 bits per heavy atom. The number of nitrogens with one attached hydrogen (secondary N) is 1. The molecular weight excluding hydrogens is 486 g/mol. The number of methoxy groups -OCH3 is 2. The Balaban J connectivity index is 2.05. The minimum Gasteiger partial charge on any atom is -0.495 e. The molecule has 0 aliphatic carbocycles. The molecule has 1 amide bonds. The van der Waals surface area contributed by atoms with Crippen molar-refractivity contribution < 1.29 is 24.2 Å². The largest absolute Gasteiger partial charge is 0.495 e. The number of aromatic nitrogens is 1. The van der Waals surface area contributed by atoms with Crippen molar-refractivity contribution in [3.8, 4) is 22.9 Å². The topological polar surface area (TPSA) is 131 Å². The van der Waals surface area contributed by atoms with Crippen molar-refractivity contribution in [1.82, 2.24) is 4.57 Å². The lowest BCUT2D eigenvalue weighted by molar-refractivity contribution is -0.120. The number of hydrogen-bond donors (Lipinski definition) is 2. The fourth-order valence-electron chi connectivity index (χ4n) is 3.66. The summed E-state index contributed by atoms with van der Waals surface area (Å²) in [6.45, 7) is 1.77. The third-order valence-corrected chi connectivity index (χ3v) is 5.89. The van der Waals surface area contributed by atoms with Crippen molar-refractivity contribution in [1.29, 1.82) is 5.26 Å². The number of carboxylic acids is 1. The van der Waals surface area contributed by atoms with E-state index in [0.717, 1.165) is 0 Å². The molecule has 10 heteroatoms. The fraction of sp³-hybridized carbons (Fsp3) is 0.231. The molecule has 2 aromatic carbocycles. The highest BCUT2D eigenvalue weighted by molar-refractivity contribution is 6.31. The normalized spacial score (nSPS) is 12.3. The number of pyridine rings is 1. The van der Waals surface area contributed by atoms with E-state index in [9.17, 15) is 19.6 Å². The van der Waals surface area contributed by atoms with E-state index in [-0.39, 0.29) is 23.8 Å². The van der Waals surface area contributed by atoms with E-state index in [1.54, 1.807) is 25.1 Å². The van der Waals surface area contributed by atoms with Gasteiger partial charge >= 0.3 is 5.97 Å². The number of rotatable bonds is 9. The number of nitrogens with zero attached hydrogens (tertiary/aromatic N) is 2. The van der Waals surface area contributed by atoms with Gasteiger partial charge in [0.05, 0.1) is 36.6 Å². The Hall–Kier alpha value is -4.13. The first-order valence-electron chi connectivity index (χ1n) is 10.9. The number of anilines is 1. The van der Waals surface area contributed by atoms with Gasteiger partial charge in [-0.15, -0.1) is 0 Å². The van der Waals surface area contributed by atoms with Gasteiger partial charge in [0.1, 0.15) is 11.8 Å². The number of amides is 1. The van der Waals surface area contributed by atoms with Crippen LogP contribution in [0.3, 0.4) is 0 Å². The highest BCUT2D eigenvalue weighted by atomic mass is 35.5. The molecule has 9 nitrogen and oxygen atoms in total. The van der Waals surface area contributed by atoms with Gasteiger partial charge in [0, 0.05) is 41.4 Å². The molecule has 0 bridgehead atoms. The van der Waals surface area contributed by atoms with Crippen LogP contribution in [0.4, 0.5) is 5.69 Å². The van der Waals surface area contributed by atoms with E-state index in [4.69, 9.17) is 26.2 Å². The Morgan fingerprint density at radius 3 is 2.42 bits per heavy atom. The third kappa shape index (κ3) is 5.92. The molecule has 1 heterocycles. The number of carboxylic acid groups (broad SMARTS) is 1. The third-order valence-electron chi connectivity index (χ3n) is 5.65. The number of nitriles is 1. The molecule has 0 saturated carbocycles. The molecule has 3 aromatic rings. The van der Waals surface area contributed by atoms with Crippen LogP contribution in [0.5, 0.6) is 5.75 Å². The maximum Gasteiger partial charge on any atom is 0.335 e. The molecule has 36 heavy (non-hydrogen) atoms. The maximum atomic E-state index is 13.3. The van der Waals surface area contributed by atoms with Crippen LogP contribution in [0.25, 0.3) is 11.1 Å². The van der Waals surface area contributed by atoms with Crippen LogP contribution in [-0.2, 0) is 9.53 Å². The molecule has 0 aliphatic heterocycles. The Bertz CT molecular complexity index is 1380. The van der Waals surface area contributed by atoms with Gasteiger partial charge in [-0.05, 0) is 49.4 Å². The molecule has 2 N–H and O–H groups in total. The number of ether oxygens (including phenoxy) is 2. The Labute approximate surface area is 212 Å². The summed E-state index contributed by atoms with van der Waals surface area (Å²) in [5.41, 5.74) is 1.04. The number of carbonyl (C=O) groups is 2. The van der Waals surface area contributed by atoms with Crippen molar-refractivity contribution in [2.24, 2.45) is 0 Å². The van der Waals surface area contributed by atoms with E-state index < -0.39 is 23.5 Å². The van der Waals surface area contributed by atoms with Crippen molar-refractivity contribution in [2.45, 2.75) is 25.5 Å². The molecular formula is C26H24ClN3O6. The lowest BCUT2D eigenvalue weighted by atomic mass is 10.00. The van der Waals surface area contributed by atoms with E-state index in [1.807, 2.05) is 0 Å². The Morgan fingerprint density at radius 2 is 1.83 bits per heavy atom.